The number of hydrogen-bond acceptors (Lipinski definition) is 3. The lowest BCUT2D eigenvalue weighted by atomic mass is 10.2. The average molecular weight is 308 g/mol. The second kappa shape index (κ2) is 10.2. The third-order valence-electron chi connectivity index (χ3n) is 2.93. The van der Waals surface area contributed by atoms with Gasteiger partial charge in [0.25, 0.3) is 5.91 Å². The Labute approximate surface area is 132 Å². The number of unbranched alkanes of at least 4 members (excludes halogenated alkanes) is 2. The maximum atomic E-state index is 12.2. The molecule has 0 bridgehead atoms. The van der Waals surface area contributed by atoms with E-state index in [1.54, 1.807) is 12.1 Å². The number of amides is 1. The van der Waals surface area contributed by atoms with Gasteiger partial charge in [0.2, 0.25) is 0 Å². The van der Waals surface area contributed by atoms with Gasteiger partial charge in [0, 0.05) is 6.54 Å². The van der Waals surface area contributed by atoms with Crippen molar-refractivity contribution >= 4 is 23.2 Å². The zero-order valence-corrected chi connectivity index (χ0v) is 13.6. The zero-order valence-electron chi connectivity index (χ0n) is 12.8. The van der Waals surface area contributed by atoms with Gasteiger partial charge in [-0.25, -0.2) is 0 Å². The van der Waals surface area contributed by atoms with Crippen molar-refractivity contribution in [2.75, 3.05) is 13.2 Å². The summed E-state index contributed by atoms with van der Waals surface area (Å²) in [6, 6.07) is 7.22. The first-order valence-corrected chi connectivity index (χ1v) is 7.90. The molecule has 2 N–H and O–H groups in total. The third kappa shape index (κ3) is 6.58. The van der Waals surface area contributed by atoms with Crippen LogP contribution in [-0.2, 0) is 0 Å². The van der Waals surface area contributed by atoms with Crippen molar-refractivity contribution in [2.24, 2.45) is 0 Å². The molecule has 0 aliphatic carbocycles. The molecule has 0 aliphatic rings. The second-order valence-electron chi connectivity index (χ2n) is 4.76. The Balaban J connectivity index is 2.58. The summed E-state index contributed by atoms with van der Waals surface area (Å²) in [7, 11) is 0. The number of nitrogens with one attached hydrogen (secondary N) is 2. The van der Waals surface area contributed by atoms with Crippen LogP contribution in [0, 0.1) is 0 Å². The molecule has 0 spiro atoms. The van der Waals surface area contributed by atoms with Gasteiger partial charge in [-0.15, -0.1) is 0 Å². The van der Waals surface area contributed by atoms with Gasteiger partial charge in [-0.1, -0.05) is 38.8 Å². The monoisotopic (exact) mass is 308 g/mol. The zero-order chi connectivity index (χ0) is 15.5. The molecule has 0 heterocycles. The predicted octanol–water partition coefficient (Wildman–Crippen LogP) is 3.27. The van der Waals surface area contributed by atoms with Crippen molar-refractivity contribution in [3.05, 3.63) is 29.8 Å². The molecule has 0 saturated carbocycles. The van der Waals surface area contributed by atoms with Crippen LogP contribution in [0.4, 0.5) is 0 Å². The Kier molecular flexibility index (Phi) is 8.43. The number of benzene rings is 1. The van der Waals surface area contributed by atoms with Crippen LogP contribution in [0.15, 0.2) is 24.3 Å². The number of para-hydroxylation sites is 1. The summed E-state index contributed by atoms with van der Waals surface area (Å²) in [6.07, 6.45) is 4.12. The Bertz CT molecular complexity index is 463. The number of thiocarbonyl (C=S) groups is 1. The molecule has 1 amide bonds. The van der Waals surface area contributed by atoms with Gasteiger partial charge in [0.05, 0.1) is 12.2 Å². The lowest BCUT2D eigenvalue weighted by Gasteiger charge is -2.12. The van der Waals surface area contributed by atoms with Crippen molar-refractivity contribution in [1.82, 2.24) is 10.6 Å². The number of hydrogen-bond donors (Lipinski definition) is 2. The second-order valence-corrected chi connectivity index (χ2v) is 5.17. The first kappa shape index (κ1) is 17.4. The van der Waals surface area contributed by atoms with Crippen molar-refractivity contribution in [3.8, 4) is 5.75 Å². The summed E-state index contributed by atoms with van der Waals surface area (Å²) in [5, 5.41) is 6.06. The SMILES string of the molecule is CCCCNC(=S)NC(=O)c1ccccc1OCCCC. The van der Waals surface area contributed by atoms with Crippen LogP contribution >= 0.6 is 12.2 Å². The number of carbonyl (C=O) groups excluding carboxylic acids is 1. The van der Waals surface area contributed by atoms with Crippen molar-refractivity contribution in [1.29, 1.82) is 0 Å². The largest absolute Gasteiger partial charge is 0.493 e. The molecule has 1 aromatic carbocycles. The van der Waals surface area contributed by atoms with Gasteiger partial charge < -0.3 is 10.1 Å². The van der Waals surface area contributed by atoms with E-state index in [-0.39, 0.29) is 5.91 Å². The predicted molar refractivity (Wildman–Crippen MR) is 89.8 cm³/mol. The highest BCUT2D eigenvalue weighted by Crippen LogP contribution is 2.18. The van der Waals surface area contributed by atoms with E-state index >= 15 is 0 Å². The molecule has 5 heteroatoms. The maximum absolute atomic E-state index is 12.2. The molecule has 1 aromatic rings. The molecule has 21 heavy (non-hydrogen) atoms. The van der Waals surface area contributed by atoms with Crippen molar-refractivity contribution in [3.63, 3.8) is 0 Å². The van der Waals surface area contributed by atoms with Gasteiger partial charge in [0.15, 0.2) is 5.11 Å². The normalized spacial score (nSPS) is 10.0. The Hall–Kier alpha value is -1.62. The molecule has 0 fully saturated rings. The van der Waals surface area contributed by atoms with Crippen molar-refractivity contribution < 1.29 is 9.53 Å². The van der Waals surface area contributed by atoms with E-state index in [0.29, 0.717) is 23.0 Å². The first-order chi connectivity index (χ1) is 10.2. The van der Waals surface area contributed by atoms with Crippen molar-refractivity contribution in [2.45, 2.75) is 39.5 Å². The molecule has 4 nitrogen and oxygen atoms in total. The molecule has 0 saturated heterocycles. The topological polar surface area (TPSA) is 50.4 Å². The highest BCUT2D eigenvalue weighted by Gasteiger charge is 2.13. The lowest BCUT2D eigenvalue weighted by molar-refractivity contribution is 0.0972. The number of ether oxygens (including phenoxy) is 1. The van der Waals surface area contributed by atoms with Crippen LogP contribution in [0.1, 0.15) is 49.9 Å². The van der Waals surface area contributed by atoms with Crippen LogP contribution in [0.3, 0.4) is 0 Å². The fourth-order valence-electron chi connectivity index (χ4n) is 1.70. The Morgan fingerprint density at radius 3 is 2.62 bits per heavy atom. The van der Waals surface area contributed by atoms with Crippen LogP contribution in [0.25, 0.3) is 0 Å². The summed E-state index contributed by atoms with van der Waals surface area (Å²) in [4.78, 5) is 12.2. The smallest absolute Gasteiger partial charge is 0.261 e. The molecule has 0 aromatic heterocycles. The minimum atomic E-state index is -0.240. The maximum Gasteiger partial charge on any atom is 0.261 e. The number of carbonyl (C=O) groups is 1. The average Bonchev–Trinajstić information content (AvgIpc) is 2.48. The highest BCUT2D eigenvalue weighted by atomic mass is 32.1. The van der Waals surface area contributed by atoms with Gasteiger partial charge in [0.1, 0.15) is 5.75 Å². The minimum Gasteiger partial charge on any atom is -0.493 e. The highest BCUT2D eigenvalue weighted by molar-refractivity contribution is 7.80. The van der Waals surface area contributed by atoms with E-state index in [1.807, 2.05) is 12.1 Å². The van der Waals surface area contributed by atoms with Crippen LogP contribution in [-0.4, -0.2) is 24.2 Å². The van der Waals surface area contributed by atoms with Gasteiger partial charge >= 0.3 is 0 Å². The summed E-state index contributed by atoms with van der Waals surface area (Å²) >= 11 is 5.11. The fraction of sp³-hybridized carbons (Fsp3) is 0.500. The molecule has 0 atom stereocenters. The number of rotatable bonds is 8. The molecular weight excluding hydrogens is 284 g/mol. The lowest BCUT2D eigenvalue weighted by Crippen LogP contribution is -2.39. The van der Waals surface area contributed by atoms with E-state index in [4.69, 9.17) is 17.0 Å². The first-order valence-electron chi connectivity index (χ1n) is 7.50. The Morgan fingerprint density at radius 2 is 1.90 bits per heavy atom. The fourth-order valence-corrected chi connectivity index (χ4v) is 1.89. The van der Waals surface area contributed by atoms with Gasteiger partial charge in [-0.2, -0.15) is 0 Å². The molecular formula is C16H24N2O2S. The van der Waals surface area contributed by atoms with E-state index < -0.39 is 0 Å². The summed E-state index contributed by atoms with van der Waals surface area (Å²) in [5.41, 5.74) is 0.508. The van der Waals surface area contributed by atoms with E-state index in [0.717, 1.165) is 32.2 Å². The molecule has 0 aliphatic heterocycles. The van der Waals surface area contributed by atoms with Gasteiger partial charge in [-0.3, -0.25) is 10.1 Å². The van der Waals surface area contributed by atoms with E-state index in [2.05, 4.69) is 24.5 Å². The molecule has 0 radical (unpaired) electrons. The molecule has 116 valence electrons. The standard InChI is InChI=1S/C16H24N2O2S/c1-3-5-11-17-16(21)18-15(19)13-9-7-8-10-14(13)20-12-6-4-2/h7-10H,3-6,11-12H2,1-2H3,(H2,17,18,19,21). The quantitative estimate of drug-likeness (QED) is 0.572. The van der Waals surface area contributed by atoms with Crippen LogP contribution < -0.4 is 15.4 Å². The van der Waals surface area contributed by atoms with Crippen LogP contribution in [0.2, 0.25) is 0 Å². The van der Waals surface area contributed by atoms with E-state index in [1.165, 1.54) is 0 Å². The van der Waals surface area contributed by atoms with E-state index in [9.17, 15) is 4.79 Å². The summed E-state index contributed by atoms with van der Waals surface area (Å²) < 4.78 is 5.65. The van der Waals surface area contributed by atoms with Gasteiger partial charge in [-0.05, 0) is 37.2 Å². The molecule has 0 unspecified atom stereocenters. The third-order valence-corrected chi connectivity index (χ3v) is 3.18. The Morgan fingerprint density at radius 1 is 1.19 bits per heavy atom. The summed E-state index contributed by atoms with van der Waals surface area (Å²) in [5.74, 6) is 0.357. The van der Waals surface area contributed by atoms with Crippen LogP contribution in [0.5, 0.6) is 5.75 Å². The molecule has 1 rings (SSSR count). The minimum absolute atomic E-state index is 0.240. The summed E-state index contributed by atoms with van der Waals surface area (Å²) in [6.45, 7) is 5.58.